The molecule has 25 heavy (non-hydrogen) atoms. The molecule has 4 saturated carbocycles. The van der Waals surface area contributed by atoms with E-state index in [0.29, 0.717) is 24.9 Å². The van der Waals surface area contributed by atoms with Crippen molar-refractivity contribution in [3.63, 3.8) is 0 Å². The van der Waals surface area contributed by atoms with Crippen molar-refractivity contribution in [2.75, 3.05) is 20.3 Å². The summed E-state index contributed by atoms with van der Waals surface area (Å²) in [7, 11) is 1.62. The minimum atomic E-state index is -0.636. The molecule has 0 spiro atoms. The molecule has 0 aliphatic heterocycles. The van der Waals surface area contributed by atoms with Gasteiger partial charge < -0.3 is 19.3 Å². The summed E-state index contributed by atoms with van der Waals surface area (Å²) in [5, 5.41) is 10.7. The van der Waals surface area contributed by atoms with Crippen LogP contribution in [0.25, 0.3) is 0 Å². The average Bonchev–Trinajstić information content (AvgIpc) is 2.57. The van der Waals surface area contributed by atoms with Crippen molar-refractivity contribution in [2.45, 2.75) is 44.1 Å². The van der Waals surface area contributed by atoms with Crippen molar-refractivity contribution >= 4 is 5.97 Å². The monoisotopic (exact) mass is 346 g/mol. The molecule has 2 unspecified atom stereocenters. The van der Waals surface area contributed by atoms with Crippen LogP contribution in [0.5, 0.6) is 11.5 Å². The van der Waals surface area contributed by atoms with Crippen LogP contribution in [-0.4, -0.2) is 37.0 Å². The number of benzene rings is 1. The maximum absolute atomic E-state index is 12.7. The van der Waals surface area contributed by atoms with Crippen LogP contribution in [-0.2, 0) is 9.53 Å². The van der Waals surface area contributed by atoms with Gasteiger partial charge in [0.05, 0.1) is 18.1 Å². The molecule has 4 bridgehead atoms. The third-order valence-corrected chi connectivity index (χ3v) is 6.11. The molecule has 136 valence electrons. The molecule has 4 aliphatic rings. The summed E-state index contributed by atoms with van der Waals surface area (Å²) < 4.78 is 16.3. The van der Waals surface area contributed by atoms with Gasteiger partial charge in [-0.3, -0.25) is 4.79 Å². The number of methoxy groups -OCH3 is 1. The Labute approximate surface area is 148 Å². The predicted molar refractivity (Wildman–Crippen MR) is 91.5 cm³/mol. The molecule has 1 aromatic carbocycles. The third-order valence-electron chi connectivity index (χ3n) is 6.11. The second-order valence-corrected chi connectivity index (χ2v) is 8.13. The second kappa shape index (κ2) is 6.20. The van der Waals surface area contributed by atoms with Crippen LogP contribution < -0.4 is 9.47 Å². The summed E-state index contributed by atoms with van der Waals surface area (Å²) in [5.41, 5.74) is -1.10. The highest BCUT2D eigenvalue weighted by atomic mass is 16.6. The van der Waals surface area contributed by atoms with Crippen molar-refractivity contribution in [3.05, 3.63) is 24.3 Å². The van der Waals surface area contributed by atoms with Gasteiger partial charge in [0.1, 0.15) is 24.7 Å². The topological polar surface area (TPSA) is 65.0 Å². The van der Waals surface area contributed by atoms with E-state index in [1.54, 1.807) is 7.11 Å². The molecular weight excluding hydrogens is 320 g/mol. The lowest BCUT2D eigenvalue weighted by Gasteiger charge is -2.58. The molecule has 1 aromatic rings. The Morgan fingerprint density at radius 1 is 1.08 bits per heavy atom. The van der Waals surface area contributed by atoms with Crippen LogP contribution in [0.15, 0.2) is 24.3 Å². The molecule has 5 nitrogen and oxygen atoms in total. The Balaban J connectivity index is 1.29. The zero-order valence-corrected chi connectivity index (χ0v) is 14.7. The quantitative estimate of drug-likeness (QED) is 0.634. The second-order valence-electron chi connectivity index (χ2n) is 8.13. The van der Waals surface area contributed by atoms with Crippen LogP contribution >= 0.6 is 0 Å². The van der Waals surface area contributed by atoms with Gasteiger partial charge in [-0.1, -0.05) is 0 Å². The summed E-state index contributed by atoms with van der Waals surface area (Å²) in [5.74, 6) is 2.32. The van der Waals surface area contributed by atoms with E-state index in [0.717, 1.165) is 43.6 Å². The van der Waals surface area contributed by atoms with Gasteiger partial charge in [-0.15, -0.1) is 0 Å². The van der Waals surface area contributed by atoms with E-state index in [1.807, 2.05) is 24.3 Å². The van der Waals surface area contributed by atoms with E-state index in [-0.39, 0.29) is 12.6 Å². The van der Waals surface area contributed by atoms with Crippen molar-refractivity contribution in [1.29, 1.82) is 0 Å². The lowest BCUT2D eigenvalue weighted by molar-refractivity contribution is -0.196. The van der Waals surface area contributed by atoms with Gasteiger partial charge in [0.15, 0.2) is 0 Å². The van der Waals surface area contributed by atoms with Crippen molar-refractivity contribution in [2.24, 2.45) is 17.3 Å². The molecule has 1 N–H and O–H groups in total. The fourth-order valence-corrected chi connectivity index (χ4v) is 5.57. The Kier molecular flexibility index (Phi) is 4.14. The van der Waals surface area contributed by atoms with Crippen molar-refractivity contribution < 1.29 is 24.1 Å². The number of aliphatic hydroxyl groups is 1. The van der Waals surface area contributed by atoms with E-state index in [9.17, 15) is 9.90 Å². The van der Waals surface area contributed by atoms with E-state index in [1.165, 1.54) is 0 Å². The molecule has 4 atom stereocenters. The molecule has 5 rings (SSSR count). The molecule has 0 aromatic heterocycles. The zero-order chi connectivity index (χ0) is 17.5. The molecule has 4 aliphatic carbocycles. The largest absolute Gasteiger partial charge is 0.497 e. The normalized spacial score (nSPS) is 35.4. The van der Waals surface area contributed by atoms with Crippen molar-refractivity contribution in [1.82, 2.24) is 0 Å². The highest BCUT2D eigenvalue weighted by Gasteiger charge is 2.60. The molecule has 0 amide bonds. The van der Waals surface area contributed by atoms with E-state index >= 15 is 0 Å². The summed E-state index contributed by atoms with van der Waals surface area (Å²) >= 11 is 0. The summed E-state index contributed by atoms with van der Waals surface area (Å²) in [6, 6.07) is 7.32. The minimum Gasteiger partial charge on any atom is -0.497 e. The first-order valence-corrected chi connectivity index (χ1v) is 9.17. The number of esters is 1. The highest BCUT2D eigenvalue weighted by Crippen LogP contribution is 2.61. The molecule has 0 radical (unpaired) electrons. The third kappa shape index (κ3) is 3.22. The van der Waals surface area contributed by atoms with Gasteiger partial charge >= 0.3 is 5.97 Å². The van der Waals surface area contributed by atoms with Crippen LogP contribution in [0, 0.1) is 17.3 Å². The summed E-state index contributed by atoms with van der Waals surface area (Å²) in [4.78, 5) is 12.7. The first-order valence-electron chi connectivity index (χ1n) is 9.17. The van der Waals surface area contributed by atoms with Crippen molar-refractivity contribution in [3.8, 4) is 11.5 Å². The molecule has 0 heterocycles. The standard InChI is InChI=1S/C20H26O5/c1-23-16-2-4-17(5-3-16)24-6-7-25-18(21)19-9-14-8-15(10-19)12-20(22,11-14)13-19/h2-5,14-15,22H,6-13H2,1H3/t14-,15+,19?,20?. The Morgan fingerprint density at radius 3 is 2.32 bits per heavy atom. The summed E-state index contributed by atoms with van der Waals surface area (Å²) in [6.07, 6.45) is 5.22. The molecule has 5 heteroatoms. The first kappa shape index (κ1) is 16.7. The number of carbonyl (C=O) groups is 1. The lowest BCUT2D eigenvalue weighted by atomic mass is 9.48. The van der Waals surface area contributed by atoms with Crippen LogP contribution in [0.1, 0.15) is 38.5 Å². The minimum absolute atomic E-state index is 0.140. The van der Waals surface area contributed by atoms with Gasteiger partial charge in [0.2, 0.25) is 0 Å². The van der Waals surface area contributed by atoms with Gasteiger partial charge in [-0.25, -0.2) is 0 Å². The number of rotatable bonds is 6. The predicted octanol–water partition coefficient (Wildman–Crippen LogP) is 2.95. The van der Waals surface area contributed by atoms with E-state index in [4.69, 9.17) is 14.2 Å². The SMILES string of the molecule is COc1ccc(OCCOC(=O)C23C[C@@H]4C[C@@H](CC(O)(C4)C2)C3)cc1. The number of hydrogen-bond acceptors (Lipinski definition) is 5. The maximum atomic E-state index is 12.7. The zero-order valence-electron chi connectivity index (χ0n) is 14.7. The molecule has 0 saturated heterocycles. The van der Waals surface area contributed by atoms with E-state index < -0.39 is 11.0 Å². The number of ether oxygens (including phenoxy) is 3. The summed E-state index contributed by atoms with van der Waals surface area (Å²) in [6.45, 7) is 0.561. The Bertz CT molecular complexity index is 624. The Hall–Kier alpha value is -1.75. The average molecular weight is 346 g/mol. The fourth-order valence-electron chi connectivity index (χ4n) is 5.57. The maximum Gasteiger partial charge on any atom is 0.312 e. The van der Waals surface area contributed by atoms with Gasteiger partial charge in [-0.05, 0) is 74.6 Å². The van der Waals surface area contributed by atoms with Gasteiger partial charge in [0, 0.05) is 0 Å². The Morgan fingerprint density at radius 2 is 1.72 bits per heavy atom. The van der Waals surface area contributed by atoms with Gasteiger partial charge in [-0.2, -0.15) is 0 Å². The van der Waals surface area contributed by atoms with Crippen LogP contribution in [0.4, 0.5) is 0 Å². The van der Waals surface area contributed by atoms with Crippen LogP contribution in [0.2, 0.25) is 0 Å². The van der Waals surface area contributed by atoms with E-state index in [2.05, 4.69) is 0 Å². The first-order chi connectivity index (χ1) is 12.0. The molecule has 4 fully saturated rings. The number of hydrogen-bond donors (Lipinski definition) is 1. The number of carbonyl (C=O) groups excluding carboxylic acids is 1. The smallest absolute Gasteiger partial charge is 0.312 e. The van der Waals surface area contributed by atoms with Crippen LogP contribution in [0.3, 0.4) is 0 Å². The molecular formula is C20H26O5. The highest BCUT2D eigenvalue weighted by molar-refractivity contribution is 5.77. The van der Waals surface area contributed by atoms with Gasteiger partial charge in [0.25, 0.3) is 0 Å². The fraction of sp³-hybridized carbons (Fsp3) is 0.650. The lowest BCUT2D eigenvalue weighted by Crippen LogP contribution is -2.58.